The summed E-state index contributed by atoms with van der Waals surface area (Å²) in [7, 11) is 0. The number of pyridine rings is 1. The number of hydrogen-bond acceptors (Lipinski definition) is 6. The molecule has 2 atom stereocenters. The Morgan fingerprint density at radius 1 is 1.39 bits per heavy atom. The second-order valence-corrected chi connectivity index (χ2v) is 6.02. The number of halogens is 1. The predicted octanol–water partition coefficient (Wildman–Crippen LogP) is 2.88. The molecule has 6 nitrogen and oxygen atoms in total. The van der Waals surface area contributed by atoms with E-state index in [4.69, 9.17) is 5.73 Å². The summed E-state index contributed by atoms with van der Waals surface area (Å²) < 4.78 is 13.4. The van der Waals surface area contributed by atoms with E-state index in [2.05, 4.69) is 27.2 Å². The first kappa shape index (κ1) is 17.3. The summed E-state index contributed by atoms with van der Waals surface area (Å²) in [6.07, 6.45) is 3.91. The van der Waals surface area contributed by atoms with Crippen molar-refractivity contribution < 1.29 is 9.50 Å². The number of nitrogen functional groups attached to an aromatic ring is 1. The highest BCUT2D eigenvalue weighted by Gasteiger charge is 2.32. The van der Waals surface area contributed by atoms with Gasteiger partial charge in [-0.1, -0.05) is 26.7 Å². The fourth-order valence-corrected chi connectivity index (χ4v) is 2.68. The molecule has 2 rings (SSSR count). The van der Waals surface area contributed by atoms with Crippen LogP contribution in [0.1, 0.15) is 46.5 Å². The van der Waals surface area contributed by atoms with Crippen molar-refractivity contribution in [2.24, 2.45) is 0 Å². The molecule has 0 spiro atoms. The van der Waals surface area contributed by atoms with E-state index in [9.17, 15) is 9.50 Å². The standard InChI is InChI=1S/C16H24FN5O/c1-4-6-7-16(3,12(23)5-2)22-14-13-11(20-15(18)21-14)8-10(17)9-19-13/h8-9,12,23H,4-7H2,1-3H3,(H3,18,20,21,22)/t12?,16-/m1/s1. The van der Waals surface area contributed by atoms with Crippen LogP contribution < -0.4 is 11.1 Å². The summed E-state index contributed by atoms with van der Waals surface area (Å²) in [4.78, 5) is 12.3. The number of aliphatic hydroxyl groups is 1. The number of hydrogen-bond donors (Lipinski definition) is 3. The fourth-order valence-electron chi connectivity index (χ4n) is 2.68. The molecule has 0 aliphatic heterocycles. The van der Waals surface area contributed by atoms with Crippen molar-refractivity contribution in [1.82, 2.24) is 15.0 Å². The minimum absolute atomic E-state index is 0.0382. The minimum atomic E-state index is -0.575. The highest BCUT2D eigenvalue weighted by atomic mass is 19.1. The second-order valence-electron chi connectivity index (χ2n) is 6.02. The van der Waals surface area contributed by atoms with E-state index in [-0.39, 0.29) is 5.95 Å². The number of rotatable bonds is 7. The lowest BCUT2D eigenvalue weighted by molar-refractivity contribution is 0.0951. The highest BCUT2D eigenvalue weighted by Crippen LogP contribution is 2.28. The smallest absolute Gasteiger partial charge is 0.222 e. The zero-order valence-corrected chi connectivity index (χ0v) is 13.8. The van der Waals surface area contributed by atoms with Crippen LogP contribution in [0.15, 0.2) is 12.3 Å². The molecule has 0 saturated heterocycles. The molecule has 0 radical (unpaired) electrons. The van der Waals surface area contributed by atoms with Gasteiger partial charge in [-0.2, -0.15) is 4.98 Å². The third kappa shape index (κ3) is 3.85. The number of anilines is 2. The van der Waals surface area contributed by atoms with E-state index in [1.807, 2.05) is 13.8 Å². The summed E-state index contributed by atoms with van der Waals surface area (Å²) in [5.41, 5.74) is 5.93. The molecule has 0 amide bonds. The van der Waals surface area contributed by atoms with Gasteiger partial charge in [0, 0.05) is 6.07 Å². The number of fused-ring (bicyclic) bond motifs is 1. The quantitative estimate of drug-likeness (QED) is 0.725. The Morgan fingerprint density at radius 3 is 2.78 bits per heavy atom. The molecule has 2 aromatic heterocycles. The van der Waals surface area contributed by atoms with Crippen LogP contribution in [0.2, 0.25) is 0 Å². The van der Waals surface area contributed by atoms with Crippen molar-refractivity contribution in [3.05, 3.63) is 18.1 Å². The zero-order chi connectivity index (χ0) is 17.0. The largest absolute Gasteiger partial charge is 0.391 e. The molecule has 1 unspecified atom stereocenters. The van der Waals surface area contributed by atoms with Gasteiger partial charge in [0.2, 0.25) is 5.95 Å². The molecular weight excluding hydrogens is 297 g/mol. The van der Waals surface area contributed by atoms with E-state index >= 15 is 0 Å². The van der Waals surface area contributed by atoms with Crippen molar-refractivity contribution in [1.29, 1.82) is 0 Å². The van der Waals surface area contributed by atoms with E-state index in [1.54, 1.807) is 0 Å². The van der Waals surface area contributed by atoms with Crippen LogP contribution in [0.3, 0.4) is 0 Å². The van der Waals surface area contributed by atoms with Gasteiger partial charge in [-0.15, -0.1) is 0 Å². The molecule has 0 aliphatic carbocycles. The minimum Gasteiger partial charge on any atom is -0.391 e. The number of nitrogens with two attached hydrogens (primary N) is 1. The molecular formula is C16H24FN5O. The van der Waals surface area contributed by atoms with Gasteiger partial charge in [0.15, 0.2) is 5.82 Å². The molecule has 0 aromatic carbocycles. The van der Waals surface area contributed by atoms with Gasteiger partial charge in [0.25, 0.3) is 0 Å². The molecule has 23 heavy (non-hydrogen) atoms. The third-order valence-corrected chi connectivity index (χ3v) is 4.10. The van der Waals surface area contributed by atoms with Crippen molar-refractivity contribution in [3.63, 3.8) is 0 Å². The zero-order valence-electron chi connectivity index (χ0n) is 13.8. The summed E-state index contributed by atoms with van der Waals surface area (Å²) >= 11 is 0. The number of aromatic nitrogens is 3. The SMILES string of the molecule is CCCC[C@@](C)(Nc1nc(N)nc2cc(F)cnc12)C(O)CC. The molecule has 7 heteroatoms. The summed E-state index contributed by atoms with van der Waals surface area (Å²) in [5.74, 6) is -0.0290. The number of nitrogens with zero attached hydrogens (tertiary/aromatic N) is 3. The van der Waals surface area contributed by atoms with E-state index in [0.29, 0.717) is 23.3 Å². The number of unbranched alkanes of at least 4 members (excludes halogenated alkanes) is 1. The molecule has 2 aromatic rings. The Kier molecular flexibility index (Phi) is 5.30. The molecule has 126 valence electrons. The second kappa shape index (κ2) is 7.04. The van der Waals surface area contributed by atoms with Crippen LogP contribution in [0.5, 0.6) is 0 Å². The monoisotopic (exact) mass is 321 g/mol. The van der Waals surface area contributed by atoms with Crippen LogP contribution in [-0.4, -0.2) is 31.7 Å². The molecule has 0 saturated carbocycles. The molecule has 0 bridgehead atoms. The maximum atomic E-state index is 13.4. The summed E-state index contributed by atoms with van der Waals surface area (Å²) in [6.45, 7) is 5.97. The topological polar surface area (TPSA) is 97.0 Å². The Balaban J connectivity index is 2.45. The number of aliphatic hydroxyl groups excluding tert-OH is 1. The van der Waals surface area contributed by atoms with Crippen LogP contribution in [0, 0.1) is 5.82 Å². The van der Waals surface area contributed by atoms with Crippen LogP contribution in [-0.2, 0) is 0 Å². The molecule has 0 fully saturated rings. The van der Waals surface area contributed by atoms with Crippen molar-refractivity contribution in [3.8, 4) is 0 Å². The van der Waals surface area contributed by atoms with Crippen molar-refractivity contribution in [2.75, 3.05) is 11.1 Å². The highest BCUT2D eigenvalue weighted by molar-refractivity contribution is 5.86. The Bertz CT molecular complexity index is 676. The van der Waals surface area contributed by atoms with Gasteiger partial charge in [0.05, 0.1) is 23.4 Å². The average Bonchev–Trinajstić information content (AvgIpc) is 2.51. The third-order valence-electron chi connectivity index (χ3n) is 4.10. The Morgan fingerprint density at radius 2 is 2.13 bits per heavy atom. The fraction of sp³-hybridized carbons (Fsp3) is 0.562. The summed E-state index contributed by atoms with van der Waals surface area (Å²) in [5, 5.41) is 13.7. The normalized spacial score (nSPS) is 15.3. The molecule has 0 aliphatic rings. The molecule has 2 heterocycles. The van der Waals surface area contributed by atoms with Gasteiger partial charge < -0.3 is 16.2 Å². The lowest BCUT2D eigenvalue weighted by Gasteiger charge is -2.36. The maximum Gasteiger partial charge on any atom is 0.222 e. The lowest BCUT2D eigenvalue weighted by atomic mass is 9.87. The average molecular weight is 321 g/mol. The Hall–Kier alpha value is -2.02. The van der Waals surface area contributed by atoms with Gasteiger partial charge in [-0.3, -0.25) is 0 Å². The van der Waals surface area contributed by atoms with Gasteiger partial charge >= 0.3 is 0 Å². The van der Waals surface area contributed by atoms with Crippen LogP contribution in [0.4, 0.5) is 16.2 Å². The van der Waals surface area contributed by atoms with Gasteiger partial charge in [-0.25, -0.2) is 14.4 Å². The Labute approximate surface area is 135 Å². The van der Waals surface area contributed by atoms with Crippen LogP contribution in [0.25, 0.3) is 11.0 Å². The first-order valence-corrected chi connectivity index (χ1v) is 7.94. The molecule has 4 N–H and O–H groups in total. The van der Waals surface area contributed by atoms with Crippen molar-refractivity contribution in [2.45, 2.75) is 58.1 Å². The van der Waals surface area contributed by atoms with Crippen molar-refractivity contribution >= 4 is 22.8 Å². The van der Waals surface area contributed by atoms with E-state index in [1.165, 1.54) is 6.07 Å². The first-order valence-electron chi connectivity index (χ1n) is 7.94. The maximum absolute atomic E-state index is 13.4. The first-order chi connectivity index (χ1) is 10.9. The van der Waals surface area contributed by atoms with E-state index in [0.717, 1.165) is 25.5 Å². The summed E-state index contributed by atoms with van der Waals surface area (Å²) in [6, 6.07) is 1.27. The van der Waals surface area contributed by atoms with Crippen LogP contribution >= 0.6 is 0 Å². The van der Waals surface area contributed by atoms with E-state index < -0.39 is 17.5 Å². The van der Waals surface area contributed by atoms with Gasteiger partial charge in [0.1, 0.15) is 11.3 Å². The van der Waals surface area contributed by atoms with Gasteiger partial charge in [-0.05, 0) is 19.8 Å². The lowest BCUT2D eigenvalue weighted by Crippen LogP contribution is -2.46. The predicted molar refractivity (Wildman–Crippen MR) is 89.6 cm³/mol. The number of nitrogens with one attached hydrogen (secondary N) is 1.